The van der Waals surface area contributed by atoms with Crippen molar-refractivity contribution in [3.05, 3.63) is 17.5 Å². The van der Waals surface area contributed by atoms with Gasteiger partial charge in [-0.3, -0.25) is 9.48 Å². The number of aromatic nitrogens is 2. The highest BCUT2D eigenvalue weighted by Gasteiger charge is 2.17. The number of aryl methyl sites for hydroxylation is 1. The summed E-state index contributed by atoms with van der Waals surface area (Å²) in [6.45, 7) is 0. The zero-order chi connectivity index (χ0) is 9.97. The molecule has 3 nitrogen and oxygen atoms in total. The maximum absolute atomic E-state index is 10.6. The Morgan fingerprint density at radius 2 is 2.64 bits per heavy atom. The Labute approximate surface area is 87.9 Å². The van der Waals surface area contributed by atoms with Crippen LogP contribution in [0.15, 0.2) is 6.07 Å². The van der Waals surface area contributed by atoms with Crippen LogP contribution in [-0.4, -0.2) is 27.1 Å². The van der Waals surface area contributed by atoms with Crippen LogP contribution in [0, 0.1) is 0 Å². The van der Waals surface area contributed by atoms with E-state index in [1.54, 1.807) is 4.68 Å². The van der Waals surface area contributed by atoms with Crippen molar-refractivity contribution >= 4 is 18.0 Å². The largest absolute Gasteiger partial charge is 0.296 e. The van der Waals surface area contributed by atoms with Gasteiger partial charge >= 0.3 is 0 Å². The van der Waals surface area contributed by atoms with Crippen molar-refractivity contribution in [2.24, 2.45) is 7.05 Å². The highest BCUT2D eigenvalue weighted by molar-refractivity contribution is 8.00. The molecule has 1 unspecified atom stereocenters. The van der Waals surface area contributed by atoms with E-state index in [4.69, 9.17) is 0 Å². The third-order valence-corrected chi connectivity index (χ3v) is 3.95. The van der Waals surface area contributed by atoms with E-state index in [9.17, 15) is 4.79 Å². The molecule has 76 valence electrons. The van der Waals surface area contributed by atoms with Crippen LogP contribution in [-0.2, 0) is 13.5 Å². The fraction of sp³-hybridized carbons (Fsp3) is 0.600. The van der Waals surface area contributed by atoms with Gasteiger partial charge in [0.05, 0.1) is 5.69 Å². The van der Waals surface area contributed by atoms with Gasteiger partial charge in [0.1, 0.15) is 5.69 Å². The van der Waals surface area contributed by atoms with Crippen LogP contribution in [0.2, 0.25) is 0 Å². The molecule has 4 heteroatoms. The number of hydrogen-bond donors (Lipinski definition) is 0. The van der Waals surface area contributed by atoms with Gasteiger partial charge in [0.15, 0.2) is 6.29 Å². The second-order valence-electron chi connectivity index (χ2n) is 3.64. The molecular formula is C10H14N2OS. The Kier molecular flexibility index (Phi) is 2.91. The number of carbonyl (C=O) groups excluding carboxylic acids is 1. The fourth-order valence-corrected chi connectivity index (χ4v) is 3.08. The number of aldehydes is 1. The van der Waals surface area contributed by atoms with Crippen molar-refractivity contribution in [3.63, 3.8) is 0 Å². The molecule has 1 aromatic rings. The lowest BCUT2D eigenvalue weighted by atomic mass is 10.1. The van der Waals surface area contributed by atoms with Crippen molar-refractivity contribution < 1.29 is 4.79 Å². The molecule has 1 atom stereocenters. The maximum Gasteiger partial charge on any atom is 0.168 e. The minimum atomic E-state index is 0.669. The van der Waals surface area contributed by atoms with Gasteiger partial charge in [0, 0.05) is 18.7 Å². The van der Waals surface area contributed by atoms with Crippen molar-refractivity contribution in [1.29, 1.82) is 0 Å². The van der Waals surface area contributed by atoms with E-state index in [1.807, 2.05) is 24.9 Å². The van der Waals surface area contributed by atoms with E-state index < -0.39 is 0 Å². The smallest absolute Gasteiger partial charge is 0.168 e. The molecule has 1 aromatic heterocycles. The Morgan fingerprint density at radius 1 is 1.79 bits per heavy atom. The Hall–Kier alpha value is -0.770. The van der Waals surface area contributed by atoms with Crippen molar-refractivity contribution in [3.8, 4) is 0 Å². The molecule has 1 aliphatic heterocycles. The average Bonchev–Trinajstić information content (AvgIpc) is 2.76. The molecule has 0 saturated carbocycles. The molecule has 14 heavy (non-hydrogen) atoms. The summed E-state index contributed by atoms with van der Waals surface area (Å²) in [7, 11) is 1.81. The maximum atomic E-state index is 10.6. The van der Waals surface area contributed by atoms with E-state index in [0.29, 0.717) is 10.9 Å². The quantitative estimate of drug-likeness (QED) is 0.712. The summed E-state index contributed by atoms with van der Waals surface area (Å²) in [5, 5.41) is 5.03. The molecule has 0 aromatic carbocycles. The second-order valence-corrected chi connectivity index (χ2v) is 5.05. The van der Waals surface area contributed by atoms with Gasteiger partial charge in [-0.2, -0.15) is 16.9 Å². The number of carbonyl (C=O) groups is 1. The highest BCUT2D eigenvalue weighted by atomic mass is 32.2. The first-order valence-electron chi connectivity index (χ1n) is 4.89. The molecule has 0 aliphatic carbocycles. The van der Waals surface area contributed by atoms with Gasteiger partial charge in [-0.15, -0.1) is 0 Å². The molecule has 0 bridgehead atoms. The third kappa shape index (κ3) is 2.00. The molecule has 0 N–H and O–H groups in total. The molecule has 1 saturated heterocycles. The van der Waals surface area contributed by atoms with Crippen LogP contribution in [0.3, 0.4) is 0 Å². The normalized spacial score (nSPS) is 21.4. The minimum absolute atomic E-state index is 0.669. The predicted molar refractivity (Wildman–Crippen MR) is 57.8 cm³/mol. The number of thioether (sulfide) groups is 1. The number of nitrogens with zero attached hydrogens (tertiary/aromatic N) is 2. The van der Waals surface area contributed by atoms with Crippen LogP contribution in [0.25, 0.3) is 0 Å². The topological polar surface area (TPSA) is 34.9 Å². The lowest BCUT2D eigenvalue weighted by Gasteiger charge is -2.03. The van der Waals surface area contributed by atoms with Crippen LogP contribution >= 0.6 is 11.8 Å². The van der Waals surface area contributed by atoms with Gasteiger partial charge < -0.3 is 0 Å². The highest BCUT2D eigenvalue weighted by Crippen LogP contribution is 2.28. The molecule has 1 fully saturated rings. The molecule has 1 aliphatic rings. The standard InChI is InChI=1S/C10H14N2OS/c1-12-9(7-13)5-8(11-12)6-10-3-2-4-14-10/h5,7,10H,2-4,6H2,1H3. The Morgan fingerprint density at radius 3 is 3.21 bits per heavy atom. The van der Waals surface area contributed by atoms with Gasteiger partial charge in [-0.05, 0) is 24.7 Å². The Balaban J connectivity index is 2.04. The van der Waals surface area contributed by atoms with Gasteiger partial charge in [-0.1, -0.05) is 0 Å². The molecular weight excluding hydrogens is 196 g/mol. The molecule has 2 heterocycles. The fourth-order valence-electron chi connectivity index (χ4n) is 1.79. The molecule has 0 radical (unpaired) electrons. The van der Waals surface area contributed by atoms with Crippen molar-refractivity contribution in [2.75, 3.05) is 5.75 Å². The Bertz CT molecular complexity index is 329. The summed E-state index contributed by atoms with van der Waals surface area (Å²) >= 11 is 2.02. The van der Waals surface area contributed by atoms with Crippen LogP contribution in [0.5, 0.6) is 0 Å². The van der Waals surface area contributed by atoms with Gasteiger partial charge in [-0.25, -0.2) is 0 Å². The lowest BCUT2D eigenvalue weighted by Crippen LogP contribution is -2.03. The zero-order valence-electron chi connectivity index (χ0n) is 8.27. The SMILES string of the molecule is Cn1nc(CC2CCCS2)cc1C=O. The second kappa shape index (κ2) is 4.17. The van der Waals surface area contributed by atoms with Crippen molar-refractivity contribution in [2.45, 2.75) is 24.5 Å². The first-order valence-corrected chi connectivity index (χ1v) is 5.94. The van der Waals surface area contributed by atoms with E-state index >= 15 is 0 Å². The van der Waals surface area contributed by atoms with E-state index in [0.717, 1.165) is 18.4 Å². The first kappa shape index (κ1) is 9.77. The van der Waals surface area contributed by atoms with E-state index in [1.165, 1.54) is 18.6 Å². The predicted octanol–water partition coefficient (Wildman–Crippen LogP) is 1.67. The van der Waals surface area contributed by atoms with Crippen LogP contribution in [0.1, 0.15) is 29.0 Å². The summed E-state index contributed by atoms with van der Waals surface area (Å²) in [5.41, 5.74) is 1.72. The van der Waals surface area contributed by atoms with Crippen molar-refractivity contribution in [1.82, 2.24) is 9.78 Å². The van der Waals surface area contributed by atoms with E-state index in [2.05, 4.69) is 5.10 Å². The minimum Gasteiger partial charge on any atom is -0.296 e. The lowest BCUT2D eigenvalue weighted by molar-refractivity contribution is 0.111. The van der Waals surface area contributed by atoms with Gasteiger partial charge in [0.2, 0.25) is 0 Å². The number of rotatable bonds is 3. The van der Waals surface area contributed by atoms with E-state index in [-0.39, 0.29) is 0 Å². The third-order valence-electron chi connectivity index (χ3n) is 2.55. The summed E-state index contributed by atoms with van der Waals surface area (Å²) in [6.07, 6.45) is 4.48. The average molecular weight is 210 g/mol. The summed E-state index contributed by atoms with van der Waals surface area (Å²) in [5.74, 6) is 1.28. The number of hydrogen-bond acceptors (Lipinski definition) is 3. The first-order chi connectivity index (χ1) is 6.79. The zero-order valence-corrected chi connectivity index (χ0v) is 9.09. The molecule has 2 rings (SSSR count). The monoisotopic (exact) mass is 210 g/mol. The molecule has 0 amide bonds. The summed E-state index contributed by atoms with van der Waals surface area (Å²) in [6, 6.07) is 1.89. The molecule has 0 spiro atoms. The van der Waals surface area contributed by atoms with Crippen LogP contribution < -0.4 is 0 Å². The van der Waals surface area contributed by atoms with Crippen LogP contribution in [0.4, 0.5) is 0 Å². The summed E-state index contributed by atoms with van der Waals surface area (Å²) < 4.78 is 1.65. The summed E-state index contributed by atoms with van der Waals surface area (Å²) in [4.78, 5) is 10.6. The van der Waals surface area contributed by atoms with Gasteiger partial charge in [0.25, 0.3) is 0 Å².